The van der Waals surface area contributed by atoms with Gasteiger partial charge in [-0.15, -0.1) is 0 Å². The molecule has 0 fully saturated rings. The summed E-state index contributed by atoms with van der Waals surface area (Å²) in [6, 6.07) is 22.8. The number of rotatable bonds is 9. The first-order valence-electron chi connectivity index (χ1n) is 9.97. The van der Waals surface area contributed by atoms with Gasteiger partial charge in [0.2, 0.25) is 5.91 Å². The van der Waals surface area contributed by atoms with Crippen molar-refractivity contribution < 1.29 is 19.4 Å². The van der Waals surface area contributed by atoms with Crippen LogP contribution in [0.2, 0.25) is 0 Å². The van der Waals surface area contributed by atoms with E-state index in [1.807, 2.05) is 36.4 Å². The third-order valence-corrected chi connectivity index (χ3v) is 5.32. The SMILES string of the molecule is CC(=O)N(CCc1ccccc1)Cc1cc(Br)ccc1Oc1cccc(CC(=O)O)c1. The summed E-state index contributed by atoms with van der Waals surface area (Å²) >= 11 is 3.50. The van der Waals surface area contributed by atoms with Crippen LogP contribution in [0, 0.1) is 0 Å². The summed E-state index contributed by atoms with van der Waals surface area (Å²) in [5, 5.41) is 9.02. The lowest BCUT2D eigenvalue weighted by atomic mass is 10.1. The van der Waals surface area contributed by atoms with E-state index in [0.29, 0.717) is 30.2 Å². The van der Waals surface area contributed by atoms with Crippen molar-refractivity contribution in [1.29, 1.82) is 0 Å². The number of benzene rings is 3. The summed E-state index contributed by atoms with van der Waals surface area (Å²) in [6.07, 6.45) is 0.698. The lowest BCUT2D eigenvalue weighted by molar-refractivity contribution is -0.136. The standard InChI is InChI=1S/C25H24BrNO4/c1-18(28)27(13-12-19-6-3-2-4-7-19)17-21-16-22(26)10-11-24(21)31-23-9-5-8-20(14-23)15-25(29)30/h2-11,14,16H,12-13,15,17H2,1H3,(H,29,30). The number of carboxylic acids is 1. The monoisotopic (exact) mass is 481 g/mol. The maximum atomic E-state index is 12.3. The lowest BCUT2D eigenvalue weighted by Gasteiger charge is -2.23. The minimum Gasteiger partial charge on any atom is -0.481 e. The predicted molar refractivity (Wildman–Crippen MR) is 123 cm³/mol. The maximum Gasteiger partial charge on any atom is 0.307 e. The smallest absolute Gasteiger partial charge is 0.307 e. The first kappa shape index (κ1) is 22.6. The lowest BCUT2D eigenvalue weighted by Crippen LogP contribution is -2.30. The second-order valence-electron chi connectivity index (χ2n) is 7.25. The van der Waals surface area contributed by atoms with Crippen LogP contribution in [0.3, 0.4) is 0 Å². The zero-order valence-electron chi connectivity index (χ0n) is 17.3. The molecule has 6 heteroatoms. The van der Waals surface area contributed by atoms with Crippen molar-refractivity contribution in [2.24, 2.45) is 0 Å². The molecule has 0 aliphatic carbocycles. The number of carboxylic acid groups (broad SMARTS) is 1. The Labute approximate surface area is 190 Å². The van der Waals surface area contributed by atoms with Crippen LogP contribution in [0.5, 0.6) is 11.5 Å². The van der Waals surface area contributed by atoms with E-state index in [9.17, 15) is 9.59 Å². The second kappa shape index (κ2) is 10.8. The fourth-order valence-corrected chi connectivity index (χ4v) is 3.66. The molecule has 0 unspecified atom stereocenters. The van der Waals surface area contributed by atoms with Gasteiger partial charge in [0, 0.05) is 30.0 Å². The Morgan fingerprint density at radius 1 is 0.968 bits per heavy atom. The molecule has 0 radical (unpaired) electrons. The fourth-order valence-electron chi connectivity index (χ4n) is 3.25. The molecule has 3 aromatic rings. The zero-order valence-corrected chi connectivity index (χ0v) is 18.8. The molecule has 0 aromatic heterocycles. The van der Waals surface area contributed by atoms with Gasteiger partial charge in [-0.3, -0.25) is 9.59 Å². The van der Waals surface area contributed by atoms with Crippen molar-refractivity contribution in [2.45, 2.75) is 26.3 Å². The highest BCUT2D eigenvalue weighted by Crippen LogP contribution is 2.30. The highest BCUT2D eigenvalue weighted by atomic mass is 79.9. The molecule has 31 heavy (non-hydrogen) atoms. The normalized spacial score (nSPS) is 10.5. The average molecular weight is 482 g/mol. The van der Waals surface area contributed by atoms with E-state index < -0.39 is 5.97 Å². The van der Waals surface area contributed by atoms with Crippen molar-refractivity contribution in [3.8, 4) is 11.5 Å². The number of nitrogens with zero attached hydrogens (tertiary/aromatic N) is 1. The number of aliphatic carboxylic acids is 1. The molecule has 0 saturated carbocycles. The van der Waals surface area contributed by atoms with Gasteiger partial charge in [-0.1, -0.05) is 58.4 Å². The van der Waals surface area contributed by atoms with Crippen molar-refractivity contribution in [3.63, 3.8) is 0 Å². The number of amides is 1. The molecular weight excluding hydrogens is 458 g/mol. The number of carbonyl (C=O) groups is 2. The predicted octanol–water partition coefficient (Wildman–Crippen LogP) is 5.46. The number of ether oxygens (including phenoxy) is 1. The van der Waals surface area contributed by atoms with Gasteiger partial charge in [-0.25, -0.2) is 0 Å². The molecule has 3 rings (SSSR count). The van der Waals surface area contributed by atoms with Gasteiger partial charge >= 0.3 is 5.97 Å². The summed E-state index contributed by atoms with van der Waals surface area (Å²) in [4.78, 5) is 25.1. The highest BCUT2D eigenvalue weighted by molar-refractivity contribution is 9.10. The Balaban J connectivity index is 1.78. The van der Waals surface area contributed by atoms with E-state index in [0.717, 1.165) is 16.5 Å². The Kier molecular flexibility index (Phi) is 7.84. The van der Waals surface area contributed by atoms with Crippen LogP contribution in [0.1, 0.15) is 23.6 Å². The van der Waals surface area contributed by atoms with E-state index in [4.69, 9.17) is 9.84 Å². The number of hydrogen-bond donors (Lipinski definition) is 1. The van der Waals surface area contributed by atoms with Crippen LogP contribution in [-0.2, 0) is 29.0 Å². The first-order chi connectivity index (χ1) is 14.9. The van der Waals surface area contributed by atoms with Gasteiger partial charge < -0.3 is 14.7 Å². The maximum absolute atomic E-state index is 12.3. The Bertz CT molecular complexity index is 1050. The highest BCUT2D eigenvalue weighted by Gasteiger charge is 2.14. The molecule has 0 heterocycles. The molecule has 3 aromatic carbocycles. The van der Waals surface area contributed by atoms with Crippen LogP contribution in [0.25, 0.3) is 0 Å². The number of hydrogen-bond acceptors (Lipinski definition) is 3. The topological polar surface area (TPSA) is 66.8 Å². The number of carbonyl (C=O) groups excluding carboxylic acids is 1. The number of halogens is 1. The fraction of sp³-hybridized carbons (Fsp3) is 0.200. The van der Waals surface area contributed by atoms with Crippen molar-refractivity contribution in [2.75, 3.05) is 6.54 Å². The molecule has 0 saturated heterocycles. The summed E-state index contributed by atoms with van der Waals surface area (Å²) in [6.45, 7) is 2.57. The van der Waals surface area contributed by atoms with Crippen LogP contribution in [0.4, 0.5) is 0 Å². The van der Waals surface area contributed by atoms with Gasteiger partial charge in [0.05, 0.1) is 6.42 Å². The summed E-state index contributed by atoms with van der Waals surface area (Å²) in [5.74, 6) is 0.282. The third kappa shape index (κ3) is 6.96. The Morgan fingerprint density at radius 2 is 1.71 bits per heavy atom. The van der Waals surface area contributed by atoms with E-state index in [1.165, 1.54) is 5.56 Å². The van der Waals surface area contributed by atoms with E-state index >= 15 is 0 Å². The van der Waals surface area contributed by atoms with Crippen LogP contribution >= 0.6 is 15.9 Å². The molecule has 0 aliphatic rings. The van der Waals surface area contributed by atoms with Crippen molar-refractivity contribution in [3.05, 3.63) is 94.0 Å². The van der Waals surface area contributed by atoms with Gasteiger partial charge in [0.1, 0.15) is 11.5 Å². The summed E-state index contributed by atoms with van der Waals surface area (Å²) < 4.78 is 6.97. The van der Waals surface area contributed by atoms with E-state index in [-0.39, 0.29) is 12.3 Å². The van der Waals surface area contributed by atoms with Crippen LogP contribution in [-0.4, -0.2) is 28.4 Å². The van der Waals surface area contributed by atoms with Gasteiger partial charge in [0.15, 0.2) is 0 Å². The quantitative estimate of drug-likeness (QED) is 0.440. The zero-order chi connectivity index (χ0) is 22.2. The van der Waals surface area contributed by atoms with Crippen LogP contribution < -0.4 is 4.74 Å². The first-order valence-corrected chi connectivity index (χ1v) is 10.8. The molecule has 160 valence electrons. The average Bonchev–Trinajstić information content (AvgIpc) is 2.73. The van der Waals surface area contributed by atoms with Crippen molar-refractivity contribution >= 4 is 27.8 Å². The second-order valence-corrected chi connectivity index (χ2v) is 8.16. The molecule has 0 bridgehead atoms. The minimum absolute atomic E-state index is 0.00897. The summed E-state index contributed by atoms with van der Waals surface area (Å²) in [5.41, 5.74) is 2.70. The molecule has 1 N–H and O–H groups in total. The van der Waals surface area contributed by atoms with E-state index in [2.05, 4.69) is 28.1 Å². The molecule has 1 amide bonds. The van der Waals surface area contributed by atoms with Gasteiger partial charge in [-0.05, 0) is 47.9 Å². The van der Waals surface area contributed by atoms with Crippen LogP contribution in [0.15, 0.2) is 77.3 Å². The molecule has 0 spiro atoms. The molecular formula is C25H24BrNO4. The van der Waals surface area contributed by atoms with Crippen molar-refractivity contribution in [1.82, 2.24) is 4.90 Å². The third-order valence-electron chi connectivity index (χ3n) is 4.82. The largest absolute Gasteiger partial charge is 0.481 e. The van der Waals surface area contributed by atoms with Gasteiger partial charge in [0.25, 0.3) is 0 Å². The van der Waals surface area contributed by atoms with E-state index in [1.54, 1.807) is 36.1 Å². The minimum atomic E-state index is -0.892. The molecule has 0 aliphatic heterocycles. The molecule has 0 atom stereocenters. The summed E-state index contributed by atoms with van der Waals surface area (Å²) in [7, 11) is 0. The van der Waals surface area contributed by atoms with Gasteiger partial charge in [-0.2, -0.15) is 0 Å². The Hall–Kier alpha value is -3.12. The molecule has 5 nitrogen and oxygen atoms in total. The Morgan fingerprint density at radius 3 is 2.42 bits per heavy atom.